The zero-order valence-electron chi connectivity index (χ0n) is 12.3. The average Bonchev–Trinajstić information content (AvgIpc) is 3.09. The van der Waals surface area contributed by atoms with E-state index in [-0.39, 0.29) is 0 Å². The summed E-state index contributed by atoms with van der Waals surface area (Å²) in [6.45, 7) is 5.38. The monoisotopic (exact) mass is 317 g/mol. The third-order valence-corrected chi connectivity index (χ3v) is 5.49. The van der Waals surface area contributed by atoms with Crippen LogP contribution in [0.15, 0.2) is 30.3 Å². The van der Waals surface area contributed by atoms with Gasteiger partial charge in [-0.15, -0.1) is 21.5 Å². The first-order valence-electron chi connectivity index (χ1n) is 7.27. The number of hydrogen-bond acceptors (Lipinski definition) is 5. The maximum absolute atomic E-state index is 4.35. The van der Waals surface area contributed by atoms with Crippen molar-refractivity contribution in [3.63, 3.8) is 0 Å². The lowest BCUT2D eigenvalue weighted by Gasteiger charge is -2.05. The molecule has 21 heavy (non-hydrogen) atoms. The number of hydrogen-bond donors (Lipinski definition) is 1. The standard InChI is InChI=1S/C16H19N3S2/c1-11(2)17-9-5-8-15-18-19-16(21-15)14-10-12-6-3-4-7-13(12)20-14/h3-4,6-7,10-11,17H,5,8-9H2,1-2H3. The Hall–Kier alpha value is -1.30. The van der Waals surface area contributed by atoms with Crippen LogP contribution < -0.4 is 5.32 Å². The van der Waals surface area contributed by atoms with Crippen LogP contribution in [0.25, 0.3) is 20.0 Å². The Bertz CT molecular complexity index is 682. The van der Waals surface area contributed by atoms with Crippen molar-refractivity contribution in [2.45, 2.75) is 32.7 Å². The molecule has 3 rings (SSSR count). The zero-order valence-corrected chi connectivity index (χ0v) is 13.9. The number of benzene rings is 1. The van der Waals surface area contributed by atoms with Gasteiger partial charge in [-0.05, 0) is 30.5 Å². The third kappa shape index (κ3) is 3.67. The predicted molar refractivity (Wildman–Crippen MR) is 92.2 cm³/mol. The van der Waals surface area contributed by atoms with Crippen LogP contribution in [0.2, 0.25) is 0 Å². The first kappa shape index (κ1) is 14.6. The van der Waals surface area contributed by atoms with Crippen molar-refractivity contribution in [3.05, 3.63) is 35.3 Å². The molecule has 0 atom stereocenters. The summed E-state index contributed by atoms with van der Waals surface area (Å²) in [5.74, 6) is 0. The van der Waals surface area contributed by atoms with E-state index in [0.717, 1.165) is 29.4 Å². The molecule has 0 saturated carbocycles. The number of rotatable bonds is 6. The molecule has 3 aromatic rings. The molecule has 110 valence electrons. The summed E-state index contributed by atoms with van der Waals surface area (Å²) in [7, 11) is 0. The lowest BCUT2D eigenvalue weighted by atomic mass is 10.2. The van der Waals surface area contributed by atoms with Gasteiger partial charge in [-0.2, -0.15) is 0 Å². The van der Waals surface area contributed by atoms with Crippen molar-refractivity contribution >= 4 is 32.8 Å². The summed E-state index contributed by atoms with van der Waals surface area (Å²) in [5, 5.41) is 15.6. The van der Waals surface area contributed by atoms with E-state index in [2.05, 4.69) is 59.7 Å². The Labute approximate surface area is 133 Å². The lowest BCUT2D eigenvalue weighted by molar-refractivity contribution is 0.569. The summed E-state index contributed by atoms with van der Waals surface area (Å²) in [5.41, 5.74) is 0. The van der Waals surface area contributed by atoms with E-state index in [1.165, 1.54) is 15.0 Å². The van der Waals surface area contributed by atoms with Crippen LogP contribution in [0.5, 0.6) is 0 Å². The van der Waals surface area contributed by atoms with Crippen LogP contribution in [0.1, 0.15) is 25.3 Å². The summed E-state index contributed by atoms with van der Waals surface area (Å²) >= 11 is 3.51. The molecule has 0 aliphatic carbocycles. The van der Waals surface area contributed by atoms with Crippen molar-refractivity contribution in [3.8, 4) is 9.88 Å². The largest absolute Gasteiger partial charge is 0.315 e. The normalized spacial score (nSPS) is 11.6. The number of aromatic nitrogens is 2. The zero-order chi connectivity index (χ0) is 14.7. The lowest BCUT2D eigenvalue weighted by Crippen LogP contribution is -2.23. The van der Waals surface area contributed by atoms with E-state index < -0.39 is 0 Å². The van der Waals surface area contributed by atoms with Crippen LogP contribution in [-0.2, 0) is 6.42 Å². The fourth-order valence-corrected chi connectivity index (χ4v) is 4.16. The van der Waals surface area contributed by atoms with Gasteiger partial charge >= 0.3 is 0 Å². The predicted octanol–water partition coefficient (Wildman–Crippen LogP) is 4.35. The molecule has 0 amide bonds. The van der Waals surface area contributed by atoms with Crippen molar-refractivity contribution in [2.24, 2.45) is 0 Å². The van der Waals surface area contributed by atoms with Gasteiger partial charge in [-0.1, -0.05) is 43.4 Å². The smallest absolute Gasteiger partial charge is 0.157 e. The van der Waals surface area contributed by atoms with Crippen molar-refractivity contribution in [1.29, 1.82) is 0 Å². The van der Waals surface area contributed by atoms with Gasteiger partial charge in [-0.3, -0.25) is 0 Å². The van der Waals surface area contributed by atoms with Gasteiger partial charge in [-0.25, -0.2) is 0 Å². The number of nitrogens with one attached hydrogen (secondary N) is 1. The molecule has 0 unspecified atom stereocenters. The summed E-state index contributed by atoms with van der Waals surface area (Å²) < 4.78 is 1.31. The first-order valence-corrected chi connectivity index (χ1v) is 8.90. The van der Waals surface area contributed by atoms with Gasteiger partial charge in [0.05, 0.1) is 4.88 Å². The Morgan fingerprint density at radius 1 is 1.14 bits per heavy atom. The third-order valence-electron chi connectivity index (χ3n) is 3.22. The molecular formula is C16H19N3S2. The summed E-state index contributed by atoms with van der Waals surface area (Å²) in [6, 6.07) is 11.2. The average molecular weight is 317 g/mol. The molecule has 0 saturated heterocycles. The Morgan fingerprint density at radius 2 is 2.00 bits per heavy atom. The fraction of sp³-hybridized carbons (Fsp3) is 0.375. The van der Waals surface area contributed by atoms with Gasteiger partial charge in [0, 0.05) is 17.2 Å². The Kier molecular flexibility index (Phi) is 4.63. The van der Waals surface area contributed by atoms with E-state index in [1.54, 1.807) is 22.7 Å². The minimum absolute atomic E-state index is 0.550. The van der Waals surface area contributed by atoms with Crippen molar-refractivity contribution in [1.82, 2.24) is 15.5 Å². The summed E-state index contributed by atoms with van der Waals surface area (Å²) in [6.07, 6.45) is 2.11. The molecule has 1 aromatic carbocycles. The highest BCUT2D eigenvalue weighted by Crippen LogP contribution is 2.34. The molecule has 0 aliphatic rings. The summed E-state index contributed by atoms with van der Waals surface area (Å²) in [4.78, 5) is 1.22. The minimum atomic E-state index is 0.550. The van der Waals surface area contributed by atoms with Crippen LogP contribution in [0.4, 0.5) is 0 Å². The Morgan fingerprint density at radius 3 is 2.81 bits per heavy atom. The van der Waals surface area contributed by atoms with E-state index in [1.807, 2.05) is 0 Å². The van der Waals surface area contributed by atoms with Gasteiger partial charge in [0.2, 0.25) is 0 Å². The second-order valence-electron chi connectivity index (χ2n) is 5.36. The SMILES string of the molecule is CC(C)NCCCc1nnc(-c2cc3ccccc3s2)s1. The van der Waals surface area contributed by atoms with Gasteiger partial charge < -0.3 is 5.32 Å². The van der Waals surface area contributed by atoms with Crippen molar-refractivity contribution < 1.29 is 0 Å². The molecule has 0 spiro atoms. The van der Waals surface area contributed by atoms with Crippen LogP contribution in [-0.4, -0.2) is 22.8 Å². The fourth-order valence-electron chi connectivity index (χ4n) is 2.17. The molecule has 2 aromatic heterocycles. The van der Waals surface area contributed by atoms with Gasteiger partial charge in [0.15, 0.2) is 5.01 Å². The van der Waals surface area contributed by atoms with E-state index >= 15 is 0 Å². The Balaban J connectivity index is 1.66. The van der Waals surface area contributed by atoms with E-state index in [0.29, 0.717) is 6.04 Å². The topological polar surface area (TPSA) is 37.8 Å². The second kappa shape index (κ2) is 6.64. The molecule has 5 heteroatoms. The quantitative estimate of drug-likeness (QED) is 0.687. The minimum Gasteiger partial charge on any atom is -0.315 e. The van der Waals surface area contributed by atoms with Gasteiger partial charge in [0.25, 0.3) is 0 Å². The van der Waals surface area contributed by atoms with Crippen LogP contribution >= 0.6 is 22.7 Å². The molecule has 0 bridgehead atoms. The van der Waals surface area contributed by atoms with E-state index in [4.69, 9.17) is 0 Å². The maximum Gasteiger partial charge on any atom is 0.157 e. The van der Waals surface area contributed by atoms with Crippen LogP contribution in [0, 0.1) is 0 Å². The molecule has 2 heterocycles. The second-order valence-corrected chi connectivity index (χ2v) is 7.51. The molecular weight excluding hydrogens is 298 g/mol. The maximum atomic E-state index is 4.35. The van der Waals surface area contributed by atoms with Crippen molar-refractivity contribution in [2.75, 3.05) is 6.54 Å². The molecule has 0 fully saturated rings. The molecule has 0 radical (unpaired) electrons. The number of nitrogens with zero attached hydrogens (tertiary/aromatic N) is 2. The number of aryl methyl sites for hydroxylation is 1. The first-order chi connectivity index (χ1) is 10.2. The molecule has 0 aliphatic heterocycles. The highest BCUT2D eigenvalue weighted by atomic mass is 32.1. The number of thiophene rings is 1. The highest BCUT2D eigenvalue weighted by molar-refractivity contribution is 7.25. The number of fused-ring (bicyclic) bond motifs is 1. The molecule has 1 N–H and O–H groups in total. The highest BCUT2D eigenvalue weighted by Gasteiger charge is 2.10. The van der Waals surface area contributed by atoms with Gasteiger partial charge in [0.1, 0.15) is 5.01 Å². The van der Waals surface area contributed by atoms with Crippen LogP contribution in [0.3, 0.4) is 0 Å². The molecule has 3 nitrogen and oxygen atoms in total. The van der Waals surface area contributed by atoms with E-state index in [9.17, 15) is 0 Å².